The van der Waals surface area contributed by atoms with Gasteiger partial charge < -0.3 is 15.2 Å². The molecule has 1 aromatic heterocycles. The molecule has 4 aromatic rings. The summed E-state index contributed by atoms with van der Waals surface area (Å²) in [6, 6.07) is 24.9. The first-order chi connectivity index (χ1) is 13.8. The fourth-order valence-electron chi connectivity index (χ4n) is 3.91. The molecule has 0 aliphatic carbocycles. The van der Waals surface area contributed by atoms with Gasteiger partial charge >= 0.3 is 6.03 Å². The van der Waals surface area contributed by atoms with Gasteiger partial charge in [-0.3, -0.25) is 0 Å². The summed E-state index contributed by atoms with van der Waals surface area (Å²) in [4.78, 5) is 17.9. The quantitative estimate of drug-likeness (QED) is 0.488. The van der Waals surface area contributed by atoms with E-state index in [1.54, 1.807) is 0 Å². The Morgan fingerprint density at radius 2 is 1.71 bits per heavy atom. The monoisotopic (exact) mass is 367 g/mol. The molecule has 0 saturated heterocycles. The average molecular weight is 367 g/mol. The van der Waals surface area contributed by atoms with Gasteiger partial charge in [-0.2, -0.15) is 0 Å². The summed E-state index contributed by atoms with van der Waals surface area (Å²) >= 11 is 0. The second-order valence-electron chi connectivity index (χ2n) is 7.20. The van der Waals surface area contributed by atoms with Crippen LogP contribution in [0.5, 0.6) is 0 Å². The van der Waals surface area contributed by atoms with Gasteiger partial charge in [0.25, 0.3) is 0 Å². The van der Waals surface area contributed by atoms with Crippen molar-refractivity contribution in [3.63, 3.8) is 0 Å². The highest BCUT2D eigenvalue weighted by Crippen LogP contribution is 2.27. The number of nitrogens with zero attached hydrogens (tertiary/aromatic N) is 1. The number of carbonyl (C=O) groups excluding carboxylic acids is 1. The Morgan fingerprint density at radius 3 is 2.61 bits per heavy atom. The van der Waals surface area contributed by atoms with Crippen LogP contribution >= 0.6 is 0 Å². The van der Waals surface area contributed by atoms with E-state index in [4.69, 9.17) is 0 Å². The van der Waals surface area contributed by atoms with Crippen molar-refractivity contribution < 1.29 is 4.79 Å². The Labute approximate surface area is 163 Å². The van der Waals surface area contributed by atoms with Crippen molar-refractivity contribution in [2.45, 2.75) is 13.0 Å². The third-order valence-corrected chi connectivity index (χ3v) is 5.44. The molecule has 0 radical (unpaired) electrons. The van der Waals surface area contributed by atoms with E-state index >= 15 is 0 Å². The lowest BCUT2D eigenvalue weighted by Crippen LogP contribution is -2.38. The summed E-state index contributed by atoms with van der Waals surface area (Å²) < 4.78 is 0. The number of para-hydroxylation sites is 1. The molecule has 1 aliphatic heterocycles. The SMILES string of the molecule is O=C(Nc1c[nH]c2ccccc12)N1CCc2cc(-c3ccccc3)ccc2C1. The minimum Gasteiger partial charge on any atom is -0.359 e. The van der Waals surface area contributed by atoms with E-state index in [9.17, 15) is 4.79 Å². The molecule has 4 heteroatoms. The van der Waals surface area contributed by atoms with Crippen molar-refractivity contribution in [3.05, 3.63) is 90.1 Å². The number of rotatable bonds is 2. The number of carbonyl (C=O) groups is 1. The van der Waals surface area contributed by atoms with Crippen molar-refractivity contribution in [2.24, 2.45) is 0 Å². The van der Waals surface area contributed by atoms with E-state index < -0.39 is 0 Å². The zero-order valence-corrected chi connectivity index (χ0v) is 15.5. The molecular formula is C24H21N3O. The first-order valence-electron chi connectivity index (χ1n) is 9.57. The molecule has 2 amide bonds. The van der Waals surface area contributed by atoms with Crippen LogP contribution in [0.15, 0.2) is 79.0 Å². The maximum atomic E-state index is 12.8. The molecular weight excluding hydrogens is 346 g/mol. The number of benzene rings is 3. The van der Waals surface area contributed by atoms with Crippen molar-refractivity contribution in [2.75, 3.05) is 11.9 Å². The molecule has 5 rings (SSSR count). The molecule has 0 fully saturated rings. The van der Waals surface area contributed by atoms with Gasteiger partial charge in [-0.25, -0.2) is 4.79 Å². The van der Waals surface area contributed by atoms with Crippen molar-refractivity contribution in [3.8, 4) is 11.1 Å². The zero-order valence-electron chi connectivity index (χ0n) is 15.5. The van der Waals surface area contributed by atoms with E-state index in [1.165, 1.54) is 22.3 Å². The smallest absolute Gasteiger partial charge is 0.322 e. The molecule has 3 aromatic carbocycles. The van der Waals surface area contributed by atoms with Gasteiger partial charge in [0.15, 0.2) is 0 Å². The number of aromatic nitrogens is 1. The number of H-pyrrole nitrogens is 1. The van der Waals surface area contributed by atoms with E-state index in [-0.39, 0.29) is 6.03 Å². The molecule has 0 saturated carbocycles. The molecule has 0 spiro atoms. The number of nitrogens with one attached hydrogen (secondary N) is 2. The topological polar surface area (TPSA) is 48.1 Å². The van der Waals surface area contributed by atoms with Crippen LogP contribution in [-0.2, 0) is 13.0 Å². The highest BCUT2D eigenvalue weighted by molar-refractivity contribution is 6.01. The van der Waals surface area contributed by atoms with Gasteiger partial charge in [0.05, 0.1) is 5.69 Å². The van der Waals surface area contributed by atoms with Gasteiger partial charge in [0, 0.05) is 30.2 Å². The van der Waals surface area contributed by atoms with Crippen molar-refractivity contribution >= 4 is 22.6 Å². The fourth-order valence-corrected chi connectivity index (χ4v) is 3.91. The Balaban J connectivity index is 1.33. The normalized spacial score (nSPS) is 13.4. The third kappa shape index (κ3) is 3.03. The molecule has 138 valence electrons. The Morgan fingerprint density at radius 1 is 0.893 bits per heavy atom. The minimum absolute atomic E-state index is 0.0532. The summed E-state index contributed by atoms with van der Waals surface area (Å²) in [6.07, 6.45) is 2.73. The highest BCUT2D eigenvalue weighted by Gasteiger charge is 2.21. The van der Waals surface area contributed by atoms with Gasteiger partial charge in [-0.05, 0) is 34.7 Å². The summed E-state index contributed by atoms with van der Waals surface area (Å²) in [6.45, 7) is 1.36. The summed E-state index contributed by atoms with van der Waals surface area (Å²) in [5.41, 5.74) is 6.86. The minimum atomic E-state index is -0.0532. The van der Waals surface area contributed by atoms with Crippen molar-refractivity contribution in [1.29, 1.82) is 0 Å². The van der Waals surface area contributed by atoms with Crippen LogP contribution < -0.4 is 5.32 Å². The van der Waals surface area contributed by atoms with Crippen LogP contribution in [-0.4, -0.2) is 22.5 Å². The van der Waals surface area contributed by atoms with Crippen LogP contribution in [0, 0.1) is 0 Å². The van der Waals surface area contributed by atoms with Gasteiger partial charge in [-0.15, -0.1) is 0 Å². The maximum Gasteiger partial charge on any atom is 0.322 e. The summed E-state index contributed by atoms with van der Waals surface area (Å²) in [7, 11) is 0. The number of hydrogen-bond acceptors (Lipinski definition) is 1. The number of fused-ring (bicyclic) bond motifs is 2. The molecule has 1 aliphatic rings. The molecule has 2 N–H and O–H groups in total. The second kappa shape index (κ2) is 6.89. The molecule has 2 heterocycles. The highest BCUT2D eigenvalue weighted by atomic mass is 16.2. The van der Waals surface area contributed by atoms with E-state index in [1.807, 2.05) is 41.4 Å². The lowest BCUT2D eigenvalue weighted by atomic mass is 9.95. The lowest BCUT2D eigenvalue weighted by molar-refractivity contribution is 0.206. The number of urea groups is 1. The summed E-state index contributed by atoms with van der Waals surface area (Å²) in [5.74, 6) is 0. The fraction of sp³-hybridized carbons (Fsp3) is 0.125. The molecule has 0 atom stereocenters. The average Bonchev–Trinajstić information content (AvgIpc) is 3.16. The van der Waals surface area contributed by atoms with E-state index in [2.05, 4.69) is 52.8 Å². The third-order valence-electron chi connectivity index (χ3n) is 5.44. The van der Waals surface area contributed by atoms with Crippen molar-refractivity contribution in [1.82, 2.24) is 9.88 Å². The predicted molar refractivity (Wildman–Crippen MR) is 113 cm³/mol. The predicted octanol–water partition coefficient (Wildman–Crippen LogP) is 5.43. The van der Waals surface area contributed by atoms with Crippen LogP contribution in [0.25, 0.3) is 22.0 Å². The largest absolute Gasteiger partial charge is 0.359 e. The molecule has 0 bridgehead atoms. The van der Waals surface area contributed by atoms with E-state index in [0.717, 1.165) is 29.6 Å². The van der Waals surface area contributed by atoms with Gasteiger partial charge in [0.2, 0.25) is 0 Å². The number of amides is 2. The Hall–Kier alpha value is -3.53. The summed E-state index contributed by atoms with van der Waals surface area (Å²) in [5, 5.41) is 4.09. The Kier molecular flexibility index (Phi) is 4.09. The maximum absolute atomic E-state index is 12.8. The standard InChI is InChI=1S/C24H21N3O/c28-24(26-23-15-25-22-9-5-4-8-21(22)23)27-13-12-19-14-18(10-11-20(19)16-27)17-6-2-1-3-7-17/h1-11,14-15,25H,12-13,16H2,(H,26,28). The van der Waals surface area contributed by atoms with E-state index in [0.29, 0.717) is 6.54 Å². The zero-order chi connectivity index (χ0) is 18.9. The van der Waals surface area contributed by atoms with Crippen LogP contribution in [0.1, 0.15) is 11.1 Å². The Bertz CT molecular complexity index is 1150. The number of hydrogen-bond donors (Lipinski definition) is 2. The lowest BCUT2D eigenvalue weighted by Gasteiger charge is -2.29. The van der Waals surface area contributed by atoms with Gasteiger partial charge in [0.1, 0.15) is 0 Å². The van der Waals surface area contributed by atoms with Crippen LogP contribution in [0.3, 0.4) is 0 Å². The molecule has 28 heavy (non-hydrogen) atoms. The molecule has 4 nitrogen and oxygen atoms in total. The number of anilines is 1. The first-order valence-corrected chi connectivity index (χ1v) is 9.57. The van der Waals surface area contributed by atoms with Crippen LogP contribution in [0.2, 0.25) is 0 Å². The molecule has 0 unspecified atom stereocenters. The number of aromatic amines is 1. The van der Waals surface area contributed by atoms with Crippen LogP contribution in [0.4, 0.5) is 10.5 Å². The second-order valence-corrected chi connectivity index (χ2v) is 7.20. The van der Waals surface area contributed by atoms with Gasteiger partial charge in [-0.1, -0.05) is 66.7 Å². The first kappa shape index (κ1) is 16.6.